The van der Waals surface area contributed by atoms with Crippen molar-refractivity contribution in [2.24, 2.45) is 0 Å². The number of nitrogens with one attached hydrogen (secondary N) is 1. The molecular formula is C11H15NO2S. The molecule has 0 bridgehead atoms. The molecule has 0 radical (unpaired) electrons. The molecule has 0 amide bonds. The van der Waals surface area contributed by atoms with Crippen molar-refractivity contribution >= 4 is 17.3 Å². The average Bonchev–Trinajstić information content (AvgIpc) is 2.73. The third-order valence-corrected chi connectivity index (χ3v) is 4.19. The van der Waals surface area contributed by atoms with Crippen molar-refractivity contribution in [2.45, 2.75) is 31.7 Å². The van der Waals surface area contributed by atoms with Crippen LogP contribution in [0, 0.1) is 6.92 Å². The molecule has 2 atom stereocenters. The van der Waals surface area contributed by atoms with Crippen LogP contribution in [-0.2, 0) is 4.79 Å². The Balaban J connectivity index is 2.14. The standard InChI is InChI=1S/C11H15NO2S/c1-7-3-4-9(15-7)8-5-11(2,10(13)14)12-6-8/h3-4,8,12H,5-6H2,1-2H3,(H,13,14). The number of carboxylic acid groups (broad SMARTS) is 1. The zero-order valence-electron chi connectivity index (χ0n) is 8.91. The Kier molecular flexibility index (Phi) is 2.56. The molecule has 3 nitrogen and oxygen atoms in total. The summed E-state index contributed by atoms with van der Waals surface area (Å²) in [6.07, 6.45) is 0.683. The van der Waals surface area contributed by atoms with Gasteiger partial charge in [-0.25, -0.2) is 0 Å². The normalized spacial score (nSPS) is 30.7. The lowest BCUT2D eigenvalue weighted by Crippen LogP contribution is -2.44. The first-order chi connectivity index (χ1) is 7.01. The van der Waals surface area contributed by atoms with E-state index in [1.165, 1.54) is 9.75 Å². The zero-order chi connectivity index (χ0) is 11.1. The summed E-state index contributed by atoms with van der Waals surface area (Å²) in [6, 6.07) is 4.20. The van der Waals surface area contributed by atoms with E-state index in [4.69, 9.17) is 5.11 Å². The molecule has 1 aliphatic rings. The van der Waals surface area contributed by atoms with E-state index in [0.717, 1.165) is 6.54 Å². The summed E-state index contributed by atoms with van der Waals surface area (Å²) >= 11 is 1.76. The Labute approximate surface area is 93.1 Å². The maximum atomic E-state index is 11.0. The van der Waals surface area contributed by atoms with E-state index in [0.29, 0.717) is 12.3 Å². The van der Waals surface area contributed by atoms with Crippen molar-refractivity contribution < 1.29 is 9.90 Å². The third kappa shape index (κ3) is 1.92. The first kappa shape index (κ1) is 10.6. The van der Waals surface area contributed by atoms with Gasteiger partial charge in [0.1, 0.15) is 5.54 Å². The fraction of sp³-hybridized carbons (Fsp3) is 0.545. The molecule has 1 saturated heterocycles. The molecule has 1 aromatic heterocycles. The number of aryl methyl sites for hydroxylation is 1. The Hall–Kier alpha value is -0.870. The highest BCUT2D eigenvalue weighted by molar-refractivity contribution is 7.12. The molecular weight excluding hydrogens is 210 g/mol. The van der Waals surface area contributed by atoms with Crippen molar-refractivity contribution in [3.05, 3.63) is 21.9 Å². The SMILES string of the molecule is Cc1ccc(C2CNC(C)(C(=O)O)C2)s1. The fourth-order valence-electron chi connectivity index (χ4n) is 2.02. The first-order valence-electron chi connectivity index (χ1n) is 5.06. The summed E-state index contributed by atoms with van der Waals surface area (Å²) in [5, 5.41) is 12.2. The molecule has 1 aromatic rings. The number of hydrogen-bond acceptors (Lipinski definition) is 3. The monoisotopic (exact) mass is 225 g/mol. The highest BCUT2D eigenvalue weighted by Gasteiger charge is 2.41. The largest absolute Gasteiger partial charge is 0.480 e. The van der Waals surface area contributed by atoms with Crippen molar-refractivity contribution in [1.29, 1.82) is 0 Å². The second-order valence-electron chi connectivity index (χ2n) is 4.37. The molecule has 1 aliphatic heterocycles. The van der Waals surface area contributed by atoms with Crippen LogP contribution >= 0.6 is 11.3 Å². The zero-order valence-corrected chi connectivity index (χ0v) is 9.73. The van der Waals surface area contributed by atoms with Crippen molar-refractivity contribution in [3.8, 4) is 0 Å². The quantitative estimate of drug-likeness (QED) is 0.809. The molecule has 2 heterocycles. The van der Waals surface area contributed by atoms with Crippen LogP contribution in [0.15, 0.2) is 12.1 Å². The summed E-state index contributed by atoms with van der Waals surface area (Å²) in [5.41, 5.74) is -0.747. The van der Waals surface area contributed by atoms with E-state index in [9.17, 15) is 4.79 Å². The minimum absolute atomic E-state index is 0.352. The van der Waals surface area contributed by atoms with Crippen LogP contribution in [0.1, 0.15) is 29.0 Å². The first-order valence-corrected chi connectivity index (χ1v) is 5.88. The Morgan fingerprint density at radius 1 is 1.67 bits per heavy atom. The topological polar surface area (TPSA) is 49.3 Å². The smallest absolute Gasteiger partial charge is 0.323 e. The Morgan fingerprint density at radius 3 is 2.87 bits per heavy atom. The van der Waals surface area contributed by atoms with Crippen LogP contribution in [0.3, 0.4) is 0 Å². The summed E-state index contributed by atoms with van der Waals surface area (Å²) in [5.74, 6) is -0.400. The van der Waals surface area contributed by atoms with Crippen molar-refractivity contribution in [1.82, 2.24) is 5.32 Å². The minimum Gasteiger partial charge on any atom is -0.480 e. The van der Waals surface area contributed by atoms with Gasteiger partial charge in [0.15, 0.2) is 0 Å². The summed E-state index contributed by atoms with van der Waals surface area (Å²) in [4.78, 5) is 13.6. The summed E-state index contributed by atoms with van der Waals surface area (Å²) in [7, 11) is 0. The van der Waals surface area contributed by atoms with Crippen LogP contribution in [0.5, 0.6) is 0 Å². The van der Waals surface area contributed by atoms with Crippen LogP contribution in [0.25, 0.3) is 0 Å². The molecule has 0 saturated carbocycles. The number of carboxylic acids is 1. The second-order valence-corrected chi connectivity index (χ2v) is 5.69. The minimum atomic E-state index is -0.752. The molecule has 2 N–H and O–H groups in total. The van der Waals surface area contributed by atoms with Gasteiger partial charge < -0.3 is 10.4 Å². The fourth-order valence-corrected chi connectivity index (χ4v) is 3.00. The highest BCUT2D eigenvalue weighted by atomic mass is 32.1. The maximum Gasteiger partial charge on any atom is 0.323 e. The molecule has 0 aromatic carbocycles. The van der Waals surface area contributed by atoms with E-state index in [-0.39, 0.29) is 0 Å². The predicted molar refractivity (Wildman–Crippen MR) is 60.5 cm³/mol. The van der Waals surface area contributed by atoms with Gasteiger partial charge >= 0.3 is 5.97 Å². The van der Waals surface area contributed by atoms with E-state index < -0.39 is 11.5 Å². The average molecular weight is 225 g/mol. The van der Waals surface area contributed by atoms with Gasteiger partial charge in [0.05, 0.1) is 0 Å². The van der Waals surface area contributed by atoms with Gasteiger partial charge in [-0.05, 0) is 32.4 Å². The number of carbonyl (C=O) groups is 1. The second kappa shape index (κ2) is 3.61. The van der Waals surface area contributed by atoms with Crippen LogP contribution in [0.4, 0.5) is 0 Å². The molecule has 1 fully saturated rings. The maximum absolute atomic E-state index is 11.0. The number of thiophene rings is 1. The molecule has 0 aliphatic carbocycles. The van der Waals surface area contributed by atoms with Gasteiger partial charge in [0, 0.05) is 22.2 Å². The Morgan fingerprint density at radius 2 is 2.40 bits per heavy atom. The lowest BCUT2D eigenvalue weighted by molar-refractivity contribution is -0.143. The third-order valence-electron chi connectivity index (χ3n) is 3.03. The van der Waals surface area contributed by atoms with Crippen molar-refractivity contribution in [3.63, 3.8) is 0 Å². The molecule has 15 heavy (non-hydrogen) atoms. The van der Waals surface area contributed by atoms with E-state index >= 15 is 0 Å². The molecule has 82 valence electrons. The van der Waals surface area contributed by atoms with Crippen molar-refractivity contribution in [2.75, 3.05) is 6.54 Å². The van der Waals surface area contributed by atoms with Crippen LogP contribution in [-0.4, -0.2) is 23.2 Å². The van der Waals surface area contributed by atoms with Gasteiger partial charge in [-0.15, -0.1) is 11.3 Å². The van der Waals surface area contributed by atoms with Crippen LogP contribution < -0.4 is 5.32 Å². The van der Waals surface area contributed by atoms with E-state index in [1.807, 2.05) is 0 Å². The lowest BCUT2D eigenvalue weighted by Gasteiger charge is -2.17. The summed E-state index contributed by atoms with van der Waals surface area (Å²) < 4.78 is 0. The van der Waals surface area contributed by atoms with Gasteiger partial charge in [0.2, 0.25) is 0 Å². The van der Waals surface area contributed by atoms with E-state index in [2.05, 4.69) is 24.4 Å². The lowest BCUT2D eigenvalue weighted by atomic mass is 9.94. The van der Waals surface area contributed by atoms with Gasteiger partial charge in [-0.1, -0.05) is 0 Å². The Bertz CT molecular complexity index is 388. The van der Waals surface area contributed by atoms with E-state index in [1.54, 1.807) is 18.3 Å². The molecule has 2 unspecified atom stereocenters. The number of aliphatic carboxylic acids is 1. The molecule has 4 heteroatoms. The number of rotatable bonds is 2. The predicted octanol–water partition coefficient (Wildman–Crippen LogP) is 1.98. The van der Waals surface area contributed by atoms with Gasteiger partial charge in [0.25, 0.3) is 0 Å². The molecule has 0 spiro atoms. The number of hydrogen-bond donors (Lipinski definition) is 2. The molecule has 2 rings (SSSR count). The van der Waals surface area contributed by atoms with Gasteiger partial charge in [-0.2, -0.15) is 0 Å². The van der Waals surface area contributed by atoms with Crippen LogP contribution in [0.2, 0.25) is 0 Å². The van der Waals surface area contributed by atoms with Gasteiger partial charge in [-0.3, -0.25) is 4.79 Å². The highest BCUT2D eigenvalue weighted by Crippen LogP contribution is 2.35. The summed E-state index contributed by atoms with van der Waals surface area (Å²) in [6.45, 7) is 4.60.